The van der Waals surface area contributed by atoms with Gasteiger partial charge in [0.05, 0.1) is 39.6 Å². The van der Waals surface area contributed by atoms with E-state index in [1.165, 1.54) is 34.8 Å². The van der Waals surface area contributed by atoms with Crippen molar-refractivity contribution in [3.63, 3.8) is 0 Å². The van der Waals surface area contributed by atoms with Gasteiger partial charge in [0.2, 0.25) is 5.13 Å². The number of piperidine rings is 1. The number of carboxylic acids is 3. The molecule has 1 atom stereocenters. The van der Waals surface area contributed by atoms with Crippen molar-refractivity contribution in [3.8, 4) is 34.5 Å². The van der Waals surface area contributed by atoms with E-state index in [1.54, 1.807) is 53.9 Å². The number of hydrogen-bond donors (Lipinski definition) is 8. The Labute approximate surface area is 620 Å². The second kappa shape index (κ2) is 37.7. The first-order chi connectivity index (χ1) is 48.5. The smallest absolute Gasteiger partial charge is 0.317 e. The maximum Gasteiger partial charge on any atom is 0.317 e. The molecule has 8 N–H and O–H groups in total. The van der Waals surface area contributed by atoms with E-state index in [2.05, 4.69) is 49.0 Å². The molecule has 1 fully saturated rings. The van der Waals surface area contributed by atoms with Crippen LogP contribution in [0.4, 0.5) is 29.3 Å². The number of anilines is 3. The molecule has 9 aromatic rings. The number of thiazole rings is 2. The third-order valence-corrected chi connectivity index (χ3v) is 21.9. The topological polar surface area (TPSA) is 357 Å². The number of nitrogens with one attached hydrogen (secondary N) is 5. The first-order valence-electron chi connectivity index (χ1n) is 30.1. The number of aliphatic carboxylic acids is 3. The van der Waals surface area contributed by atoms with E-state index in [-0.39, 0.29) is 67.4 Å². The number of aromatic nitrogens is 4. The van der Waals surface area contributed by atoms with E-state index in [1.807, 2.05) is 12.1 Å². The number of carboxylic acid groups (broad SMARTS) is 3. The highest BCUT2D eigenvalue weighted by atomic mass is 35.5. The Morgan fingerprint density at radius 2 is 1.07 bits per heavy atom. The van der Waals surface area contributed by atoms with Crippen LogP contribution in [0.3, 0.4) is 0 Å². The molecule has 39 heteroatoms. The van der Waals surface area contributed by atoms with E-state index >= 15 is 0 Å². The van der Waals surface area contributed by atoms with E-state index in [0.29, 0.717) is 97.6 Å². The molecule has 25 nitrogen and oxygen atoms in total. The van der Waals surface area contributed by atoms with Gasteiger partial charge >= 0.3 is 17.9 Å². The van der Waals surface area contributed by atoms with Gasteiger partial charge in [-0.15, -0.1) is 22.7 Å². The van der Waals surface area contributed by atoms with Gasteiger partial charge in [0.15, 0.2) is 10.9 Å². The molecule has 1 aliphatic rings. The molecule has 1 saturated heterocycles. The lowest BCUT2D eigenvalue weighted by atomic mass is 9.98. The molecule has 10 rings (SSSR count). The standard InChI is InChI=1S/C24H24Cl2FN3O5S2.C20H18Cl2FN3O5S2.C19H18ClFN4O5S2/c25-17-5-6-20(15(9-17)3-1-7-30-8-2-4-16(12-30)24(31)32)35-21-11-19(27)22(10-18(21)26)37(33,34)29-23-13-36-14-28-23;21-13-3-4-16(12(8-13)2-1-5-24-11-19(27)28)31-17-10-15(23)18(9-14(17)22)33(29,30)26-20-25-6-7-32-20;20-13-8-17(32(28,29)25-19-23-11-24-31-19)14(21)9-16(13)30-15-6-2-1-4-12(15)5-3-7-22-10-18(26)27/h5-6,9-11,13-14,16,29H,1-4,7-8,12H2,(H,31,32);3-4,6-10,24H,1-2,5,11H2,(H,25,26)(H,27,28);1-2,4,6,8-9,11,22H,3,5,7,10H2,(H,26,27)(H,23,24,25). The summed E-state index contributed by atoms with van der Waals surface area (Å²) in [6.45, 7) is 2.75. The Hall–Kier alpha value is -7.68. The van der Waals surface area contributed by atoms with Crippen molar-refractivity contribution < 1.29 is 82.3 Å². The van der Waals surface area contributed by atoms with Crippen molar-refractivity contribution in [1.29, 1.82) is 0 Å². The summed E-state index contributed by atoms with van der Waals surface area (Å²) in [5.41, 5.74) is 3.70. The highest BCUT2D eigenvalue weighted by Gasteiger charge is 2.29. The van der Waals surface area contributed by atoms with Gasteiger partial charge in [-0.25, -0.2) is 53.4 Å². The van der Waals surface area contributed by atoms with Crippen LogP contribution in [0.15, 0.2) is 141 Å². The third-order valence-electron chi connectivity index (χ3n) is 14.3. The third kappa shape index (κ3) is 23.9. The zero-order valence-electron chi connectivity index (χ0n) is 52.8. The fourth-order valence-corrected chi connectivity index (χ4v) is 16.1. The van der Waals surface area contributed by atoms with Crippen molar-refractivity contribution in [2.24, 2.45) is 5.92 Å². The van der Waals surface area contributed by atoms with Crippen LogP contribution in [0.2, 0.25) is 25.1 Å². The number of halogens is 8. The van der Waals surface area contributed by atoms with Crippen molar-refractivity contribution in [2.45, 2.75) is 66.1 Å². The van der Waals surface area contributed by atoms with E-state index in [9.17, 15) is 57.9 Å². The molecule has 1 unspecified atom stereocenters. The summed E-state index contributed by atoms with van der Waals surface area (Å²) in [5, 5.41) is 36.0. The Morgan fingerprint density at radius 1 is 0.578 bits per heavy atom. The van der Waals surface area contributed by atoms with Crippen molar-refractivity contribution in [3.05, 3.63) is 185 Å². The fourth-order valence-electron chi connectivity index (χ4n) is 9.67. The molecule has 0 aliphatic carbocycles. The van der Waals surface area contributed by atoms with Gasteiger partial charge in [-0.1, -0.05) is 76.2 Å². The van der Waals surface area contributed by atoms with Crippen LogP contribution in [0, 0.1) is 23.4 Å². The molecule has 0 spiro atoms. The number of ether oxygens (including phenoxy) is 3. The molecule has 4 heterocycles. The number of nitrogens with zero attached hydrogens (tertiary/aromatic N) is 5. The summed E-state index contributed by atoms with van der Waals surface area (Å²) in [6.07, 6.45) is 7.72. The largest absolute Gasteiger partial charge is 0.481 e. The van der Waals surface area contributed by atoms with Crippen LogP contribution < -0.4 is 39.0 Å². The number of sulfonamides is 3. The van der Waals surface area contributed by atoms with Gasteiger partial charge in [-0.2, -0.15) is 4.37 Å². The lowest BCUT2D eigenvalue weighted by molar-refractivity contribution is -0.143. The Morgan fingerprint density at radius 3 is 1.54 bits per heavy atom. The quantitative estimate of drug-likeness (QED) is 0.0182. The highest BCUT2D eigenvalue weighted by Crippen LogP contribution is 2.40. The van der Waals surface area contributed by atoms with Crippen LogP contribution in [0.25, 0.3) is 0 Å². The van der Waals surface area contributed by atoms with E-state index in [0.717, 1.165) is 89.8 Å². The van der Waals surface area contributed by atoms with Gasteiger partial charge in [-0.3, -0.25) is 28.5 Å². The molecule has 0 amide bonds. The monoisotopic (exact) mass is 1620 g/mol. The number of hydrogen-bond acceptors (Lipinski definition) is 22. The van der Waals surface area contributed by atoms with Gasteiger partial charge in [0.1, 0.15) is 73.0 Å². The molecule has 0 radical (unpaired) electrons. The molecule has 3 aromatic heterocycles. The van der Waals surface area contributed by atoms with Gasteiger partial charge in [0.25, 0.3) is 30.1 Å². The number of para-hydroxylation sites is 1. The summed E-state index contributed by atoms with van der Waals surface area (Å²) in [5.74, 6) is -5.03. The van der Waals surface area contributed by atoms with Crippen LogP contribution in [0.5, 0.6) is 34.5 Å². The molecule has 0 saturated carbocycles. The minimum absolute atomic E-state index is 0.00683. The summed E-state index contributed by atoms with van der Waals surface area (Å²) in [7, 11) is -12.8. The number of benzene rings is 6. The van der Waals surface area contributed by atoms with Crippen LogP contribution in [-0.4, -0.2) is 129 Å². The number of aryl methyl sites for hydroxylation is 3. The predicted molar refractivity (Wildman–Crippen MR) is 383 cm³/mol. The maximum absolute atomic E-state index is 14.9. The van der Waals surface area contributed by atoms with Crippen molar-refractivity contribution in [1.82, 2.24) is 34.9 Å². The normalized spacial score (nSPS) is 13.2. The second-order valence-corrected chi connectivity index (χ2v) is 31.2. The average Bonchev–Trinajstić information content (AvgIpc) is 0.933. The van der Waals surface area contributed by atoms with E-state index < -0.39 is 80.1 Å². The minimum atomic E-state index is -4.26. The number of carbonyl (C=O) groups is 3. The molecular formula is C63H60Cl5F3N10O15S6. The Bertz CT molecular complexity index is 4740. The summed E-state index contributed by atoms with van der Waals surface area (Å²) >= 11 is 34.0. The zero-order valence-corrected chi connectivity index (χ0v) is 61.4. The molecule has 102 heavy (non-hydrogen) atoms. The van der Waals surface area contributed by atoms with E-state index in [4.69, 9.17) is 82.4 Å². The zero-order chi connectivity index (χ0) is 73.7. The Kier molecular flexibility index (Phi) is 29.5. The van der Waals surface area contributed by atoms with Gasteiger partial charge in [0, 0.05) is 63.3 Å². The number of rotatable bonds is 32. The lowest BCUT2D eigenvalue weighted by Crippen LogP contribution is -2.39. The SMILES string of the molecule is O=C(O)C1CCCN(CCCc2cc(Cl)ccc2Oc2cc(F)c(S(=O)(=O)Nc3cscn3)cc2Cl)C1.O=C(O)CNCCCc1cc(Cl)ccc1Oc1cc(F)c(S(=O)(=O)Nc2nccs2)cc1Cl.O=C(O)CNCCCc1ccccc1Oc1cc(F)c(S(=O)(=O)Nc2ncns2)cc1Cl. The summed E-state index contributed by atoms with van der Waals surface area (Å²) in [6, 6.07) is 22.6. The van der Waals surface area contributed by atoms with Crippen LogP contribution in [-0.2, 0) is 63.7 Å². The maximum atomic E-state index is 14.9. The van der Waals surface area contributed by atoms with Crippen molar-refractivity contribution in [2.75, 3.05) is 60.0 Å². The molecular weight excluding hydrogens is 1560 g/mol. The van der Waals surface area contributed by atoms with Gasteiger partial charge in [-0.05, 0) is 155 Å². The van der Waals surface area contributed by atoms with Gasteiger partial charge < -0.3 is 45.1 Å². The predicted octanol–water partition coefficient (Wildman–Crippen LogP) is 14.2. The average molecular weight is 1620 g/mol. The highest BCUT2D eigenvalue weighted by molar-refractivity contribution is 7.93. The number of likely N-dealkylation sites (tertiary alicyclic amines) is 1. The molecule has 544 valence electrons. The second-order valence-electron chi connectivity index (χ2n) is 21.8. The molecule has 6 aromatic carbocycles. The van der Waals surface area contributed by atoms with Crippen LogP contribution >= 0.6 is 92.2 Å². The molecule has 1 aliphatic heterocycles. The first-order valence-corrected chi connectivity index (χ1v) is 39.1. The minimum Gasteiger partial charge on any atom is -0.481 e. The van der Waals surface area contributed by atoms with Crippen LogP contribution in [0.1, 0.15) is 48.8 Å². The summed E-state index contributed by atoms with van der Waals surface area (Å²) < 4.78 is 147. The fraction of sp³-hybridized carbons (Fsp3) is 0.254. The summed E-state index contributed by atoms with van der Waals surface area (Å²) in [4.78, 5) is 44.0. The first kappa shape index (κ1) is 80.0. The Balaban J connectivity index is 0.000000195. The molecule has 0 bridgehead atoms. The van der Waals surface area contributed by atoms with Crippen molar-refractivity contribution >= 4 is 156 Å². The lowest BCUT2D eigenvalue weighted by Gasteiger charge is -2.30.